The molecule has 1 saturated heterocycles. The maximum Gasteiger partial charge on any atom is 0.237 e. The molecule has 2 heterocycles. The zero-order valence-electron chi connectivity index (χ0n) is 11.5. The average molecular weight is 265 g/mol. The van der Waals surface area contributed by atoms with Crippen LogP contribution in [0, 0.1) is 5.92 Å². The topological polar surface area (TPSA) is 82.7 Å². The van der Waals surface area contributed by atoms with Gasteiger partial charge in [-0.25, -0.2) is 4.98 Å². The summed E-state index contributed by atoms with van der Waals surface area (Å²) in [5.74, 6) is 1.69. The van der Waals surface area contributed by atoms with Gasteiger partial charge in [0.15, 0.2) is 0 Å². The van der Waals surface area contributed by atoms with Crippen LogP contribution in [0.4, 0.5) is 0 Å². The van der Waals surface area contributed by atoms with Crippen molar-refractivity contribution in [1.29, 1.82) is 0 Å². The Hall–Kier alpha value is -1.43. The quantitative estimate of drug-likeness (QED) is 0.659. The molecule has 1 aromatic rings. The van der Waals surface area contributed by atoms with Crippen molar-refractivity contribution in [3.05, 3.63) is 12.2 Å². The Morgan fingerprint density at radius 3 is 3.21 bits per heavy atom. The second kappa shape index (κ2) is 7.23. The third kappa shape index (κ3) is 4.31. The molecule has 1 amide bonds. The van der Waals surface area contributed by atoms with Crippen LogP contribution in [0.3, 0.4) is 0 Å². The molecule has 0 saturated carbocycles. The monoisotopic (exact) mass is 265 g/mol. The van der Waals surface area contributed by atoms with E-state index in [9.17, 15) is 4.79 Å². The average Bonchev–Trinajstić information content (AvgIpc) is 2.96. The summed E-state index contributed by atoms with van der Waals surface area (Å²) in [6.45, 7) is 3.84. The number of aromatic amines is 1. The first-order chi connectivity index (χ1) is 9.29. The fraction of sp³-hybridized carbons (Fsp3) is 0.769. The molecule has 1 aliphatic heterocycles. The number of H-pyrrole nitrogens is 1. The molecule has 1 aromatic heterocycles. The SMILES string of the molecule is CCC1CCNC(C(=O)NCCCc2ncn[nH]2)C1. The molecular formula is C13H23N5O. The van der Waals surface area contributed by atoms with Crippen LogP contribution >= 0.6 is 0 Å². The van der Waals surface area contributed by atoms with E-state index in [1.54, 1.807) is 0 Å². The molecule has 2 unspecified atom stereocenters. The number of aromatic nitrogens is 3. The van der Waals surface area contributed by atoms with Crippen molar-refractivity contribution in [2.45, 2.75) is 45.1 Å². The van der Waals surface area contributed by atoms with Crippen molar-refractivity contribution < 1.29 is 4.79 Å². The van der Waals surface area contributed by atoms with E-state index in [1.807, 2.05) is 0 Å². The molecule has 0 radical (unpaired) electrons. The van der Waals surface area contributed by atoms with Crippen LogP contribution in [0.15, 0.2) is 6.33 Å². The number of piperidine rings is 1. The van der Waals surface area contributed by atoms with Crippen molar-refractivity contribution in [2.24, 2.45) is 5.92 Å². The minimum Gasteiger partial charge on any atom is -0.355 e. The van der Waals surface area contributed by atoms with Crippen LogP contribution < -0.4 is 10.6 Å². The number of rotatable bonds is 6. The highest BCUT2D eigenvalue weighted by atomic mass is 16.2. The second-order valence-electron chi connectivity index (χ2n) is 5.13. The second-order valence-corrected chi connectivity index (χ2v) is 5.13. The van der Waals surface area contributed by atoms with E-state index in [1.165, 1.54) is 12.7 Å². The number of carbonyl (C=O) groups excluding carboxylic acids is 1. The van der Waals surface area contributed by atoms with Gasteiger partial charge in [-0.2, -0.15) is 5.10 Å². The first-order valence-electron chi connectivity index (χ1n) is 7.15. The largest absolute Gasteiger partial charge is 0.355 e. The third-order valence-electron chi connectivity index (χ3n) is 3.76. The number of hydrogen-bond acceptors (Lipinski definition) is 4. The molecule has 2 atom stereocenters. The molecule has 0 bridgehead atoms. The zero-order valence-corrected chi connectivity index (χ0v) is 11.5. The Kier molecular flexibility index (Phi) is 5.32. The zero-order chi connectivity index (χ0) is 13.5. The van der Waals surface area contributed by atoms with Crippen molar-refractivity contribution >= 4 is 5.91 Å². The summed E-state index contributed by atoms with van der Waals surface area (Å²) >= 11 is 0. The van der Waals surface area contributed by atoms with E-state index in [4.69, 9.17) is 0 Å². The van der Waals surface area contributed by atoms with Crippen LogP contribution in [0.25, 0.3) is 0 Å². The molecule has 1 aliphatic rings. The van der Waals surface area contributed by atoms with Crippen LogP contribution in [0.1, 0.15) is 38.4 Å². The highest BCUT2D eigenvalue weighted by molar-refractivity contribution is 5.81. The first kappa shape index (κ1) is 14.0. The van der Waals surface area contributed by atoms with Crippen LogP contribution in [-0.4, -0.2) is 40.2 Å². The summed E-state index contributed by atoms with van der Waals surface area (Å²) in [6, 6.07) is -0.0102. The molecule has 106 valence electrons. The lowest BCUT2D eigenvalue weighted by atomic mass is 9.90. The van der Waals surface area contributed by atoms with Gasteiger partial charge in [0, 0.05) is 13.0 Å². The normalized spacial score (nSPS) is 23.2. The van der Waals surface area contributed by atoms with E-state index >= 15 is 0 Å². The van der Waals surface area contributed by atoms with Gasteiger partial charge >= 0.3 is 0 Å². The number of carbonyl (C=O) groups is 1. The lowest BCUT2D eigenvalue weighted by Gasteiger charge is -2.28. The van der Waals surface area contributed by atoms with Crippen LogP contribution in [-0.2, 0) is 11.2 Å². The highest BCUT2D eigenvalue weighted by Crippen LogP contribution is 2.19. The molecule has 0 aromatic carbocycles. The molecular weight excluding hydrogens is 242 g/mol. The van der Waals surface area contributed by atoms with Gasteiger partial charge in [-0.3, -0.25) is 9.89 Å². The van der Waals surface area contributed by atoms with E-state index in [-0.39, 0.29) is 11.9 Å². The molecule has 6 nitrogen and oxygen atoms in total. The molecule has 1 fully saturated rings. The lowest BCUT2D eigenvalue weighted by molar-refractivity contribution is -0.124. The van der Waals surface area contributed by atoms with Crippen LogP contribution in [0.2, 0.25) is 0 Å². The van der Waals surface area contributed by atoms with Crippen LogP contribution in [0.5, 0.6) is 0 Å². The first-order valence-corrected chi connectivity index (χ1v) is 7.15. The Morgan fingerprint density at radius 2 is 2.47 bits per heavy atom. The Morgan fingerprint density at radius 1 is 1.58 bits per heavy atom. The maximum absolute atomic E-state index is 12.0. The van der Waals surface area contributed by atoms with E-state index in [2.05, 4.69) is 32.7 Å². The Balaban J connectivity index is 1.63. The third-order valence-corrected chi connectivity index (χ3v) is 3.76. The number of aryl methyl sites for hydroxylation is 1. The van der Waals surface area contributed by atoms with Gasteiger partial charge in [-0.15, -0.1) is 0 Å². The van der Waals surface area contributed by atoms with E-state index in [0.717, 1.165) is 38.1 Å². The number of amides is 1. The minimum atomic E-state index is -0.0102. The number of hydrogen-bond donors (Lipinski definition) is 3. The van der Waals surface area contributed by atoms with Gasteiger partial charge in [0.25, 0.3) is 0 Å². The summed E-state index contributed by atoms with van der Waals surface area (Å²) in [7, 11) is 0. The highest BCUT2D eigenvalue weighted by Gasteiger charge is 2.25. The number of nitrogens with zero attached hydrogens (tertiary/aromatic N) is 2. The Labute approximate surface area is 113 Å². The van der Waals surface area contributed by atoms with Crippen molar-refractivity contribution in [1.82, 2.24) is 25.8 Å². The molecule has 0 aliphatic carbocycles. The minimum absolute atomic E-state index is 0.0102. The van der Waals surface area contributed by atoms with Gasteiger partial charge in [-0.05, 0) is 31.7 Å². The van der Waals surface area contributed by atoms with Crippen molar-refractivity contribution in [3.8, 4) is 0 Å². The molecule has 6 heteroatoms. The standard InChI is InChI=1S/C13H23N5O/c1-2-10-5-7-14-11(8-10)13(19)15-6-3-4-12-16-9-17-18-12/h9-11,14H,2-8H2,1H3,(H,15,19)(H,16,17,18). The fourth-order valence-electron chi connectivity index (χ4n) is 2.51. The smallest absolute Gasteiger partial charge is 0.237 e. The van der Waals surface area contributed by atoms with Gasteiger partial charge in [0.1, 0.15) is 12.2 Å². The van der Waals surface area contributed by atoms with Gasteiger partial charge < -0.3 is 10.6 Å². The summed E-state index contributed by atoms with van der Waals surface area (Å²) < 4.78 is 0. The van der Waals surface area contributed by atoms with Gasteiger partial charge in [0.2, 0.25) is 5.91 Å². The number of nitrogens with one attached hydrogen (secondary N) is 3. The molecule has 3 N–H and O–H groups in total. The van der Waals surface area contributed by atoms with Gasteiger partial charge in [-0.1, -0.05) is 13.3 Å². The predicted molar refractivity (Wildman–Crippen MR) is 72.5 cm³/mol. The van der Waals surface area contributed by atoms with E-state index in [0.29, 0.717) is 12.5 Å². The predicted octanol–water partition coefficient (Wildman–Crippen LogP) is 0.632. The van der Waals surface area contributed by atoms with Crippen molar-refractivity contribution in [2.75, 3.05) is 13.1 Å². The maximum atomic E-state index is 12.0. The lowest BCUT2D eigenvalue weighted by Crippen LogP contribution is -2.48. The molecule has 2 rings (SSSR count). The fourth-order valence-corrected chi connectivity index (χ4v) is 2.51. The summed E-state index contributed by atoms with van der Waals surface area (Å²) in [5.41, 5.74) is 0. The van der Waals surface area contributed by atoms with Crippen molar-refractivity contribution in [3.63, 3.8) is 0 Å². The molecule has 19 heavy (non-hydrogen) atoms. The summed E-state index contributed by atoms with van der Waals surface area (Å²) in [4.78, 5) is 16.1. The van der Waals surface area contributed by atoms with E-state index < -0.39 is 0 Å². The molecule has 0 spiro atoms. The van der Waals surface area contributed by atoms with Gasteiger partial charge in [0.05, 0.1) is 6.04 Å². The summed E-state index contributed by atoms with van der Waals surface area (Å²) in [6.07, 6.45) is 6.51. The summed E-state index contributed by atoms with van der Waals surface area (Å²) in [5, 5.41) is 12.9. The Bertz CT molecular complexity index is 378.